The number of nitrogens with two attached hydrogens (primary N) is 2. The van der Waals surface area contributed by atoms with Crippen LogP contribution in [-0.2, 0) is 19.7 Å². The lowest BCUT2D eigenvalue weighted by atomic mass is 10.1. The highest BCUT2D eigenvalue weighted by atomic mass is 35.5. The van der Waals surface area contributed by atoms with Crippen LogP contribution in [0.5, 0.6) is 0 Å². The number of ketones is 1. The van der Waals surface area contributed by atoms with Crippen LogP contribution in [0, 0.1) is 0 Å². The number of Topliss-reactive ketones (excluding diaryl/α,β-unsaturated/α-hetero) is 1. The van der Waals surface area contributed by atoms with E-state index < -0.39 is 33.2 Å². The summed E-state index contributed by atoms with van der Waals surface area (Å²) in [7, 11) is -2.88. The molecule has 143 valence electrons. The molecule has 0 aliphatic rings. The van der Waals surface area contributed by atoms with Crippen molar-refractivity contribution in [3.63, 3.8) is 0 Å². The van der Waals surface area contributed by atoms with Gasteiger partial charge in [-0.2, -0.15) is 0 Å². The molecular weight excluding hydrogens is 418 g/mol. The molecule has 13 heteroatoms. The number of sulfonamides is 1. The number of thiazole rings is 1. The zero-order chi connectivity index (χ0) is 20.2. The summed E-state index contributed by atoms with van der Waals surface area (Å²) < 4.78 is 22.9. The Hall–Kier alpha value is -2.54. The van der Waals surface area contributed by atoms with Crippen LogP contribution >= 0.6 is 22.9 Å². The molecule has 2 rings (SSSR count). The number of aromatic nitrogens is 1. The summed E-state index contributed by atoms with van der Waals surface area (Å²) in [5.74, 6) is -1.48. The van der Waals surface area contributed by atoms with Crippen molar-refractivity contribution in [3.8, 4) is 0 Å². The summed E-state index contributed by atoms with van der Waals surface area (Å²) in [5.41, 5.74) is 5.43. The van der Waals surface area contributed by atoms with Crippen LogP contribution < -0.4 is 16.2 Å². The molecule has 4 N–H and O–H groups in total. The van der Waals surface area contributed by atoms with Crippen molar-refractivity contribution in [3.05, 3.63) is 39.9 Å². The molecule has 0 fully saturated rings. The highest BCUT2D eigenvalue weighted by Gasteiger charge is 2.22. The van der Waals surface area contributed by atoms with E-state index in [9.17, 15) is 18.0 Å². The van der Waals surface area contributed by atoms with Gasteiger partial charge >= 0.3 is 0 Å². The number of carbonyl (C=O) groups is 2. The van der Waals surface area contributed by atoms with Crippen LogP contribution in [0.1, 0.15) is 16.1 Å². The Balaban J connectivity index is 2.15. The van der Waals surface area contributed by atoms with Gasteiger partial charge < -0.3 is 10.6 Å². The van der Waals surface area contributed by atoms with E-state index in [2.05, 4.69) is 20.3 Å². The fourth-order valence-corrected chi connectivity index (χ4v) is 3.51. The zero-order valence-electron chi connectivity index (χ0n) is 13.7. The Morgan fingerprint density at radius 2 is 2.07 bits per heavy atom. The zero-order valence-corrected chi connectivity index (χ0v) is 16.1. The van der Waals surface area contributed by atoms with E-state index in [0.717, 1.165) is 17.4 Å². The average molecular weight is 431 g/mol. The lowest BCUT2D eigenvalue weighted by Gasteiger charge is -2.06. The molecule has 27 heavy (non-hydrogen) atoms. The first-order valence-corrected chi connectivity index (χ1v) is 9.83. The molecule has 0 bridgehead atoms. The van der Waals surface area contributed by atoms with Crippen molar-refractivity contribution in [2.24, 2.45) is 10.3 Å². The number of primary sulfonamides is 1. The predicted octanol–water partition coefficient (Wildman–Crippen LogP) is 0.390. The second-order valence-corrected chi connectivity index (χ2v) is 7.75. The third-order valence-corrected chi connectivity index (χ3v) is 5.14. The summed E-state index contributed by atoms with van der Waals surface area (Å²) in [6.45, 7) is -0.563. The summed E-state index contributed by atoms with van der Waals surface area (Å²) >= 11 is 6.86. The van der Waals surface area contributed by atoms with Gasteiger partial charge in [-0.15, -0.1) is 11.3 Å². The van der Waals surface area contributed by atoms with Crippen molar-refractivity contribution in [2.45, 2.75) is 4.90 Å². The van der Waals surface area contributed by atoms with Gasteiger partial charge in [-0.3, -0.25) is 9.59 Å². The van der Waals surface area contributed by atoms with Gasteiger partial charge in [-0.05, 0) is 18.2 Å². The first-order chi connectivity index (χ1) is 12.6. The molecule has 2 aromatic rings. The molecule has 1 amide bonds. The van der Waals surface area contributed by atoms with Crippen molar-refractivity contribution in [2.75, 3.05) is 19.4 Å². The van der Waals surface area contributed by atoms with Crippen LogP contribution in [0.4, 0.5) is 5.13 Å². The molecule has 0 unspecified atom stereocenters. The number of amides is 1. The van der Waals surface area contributed by atoms with Crippen molar-refractivity contribution in [1.82, 2.24) is 10.3 Å². The van der Waals surface area contributed by atoms with Crippen LogP contribution in [0.2, 0.25) is 5.02 Å². The third kappa shape index (κ3) is 5.23. The van der Waals surface area contributed by atoms with Gasteiger partial charge in [0.05, 0.1) is 5.02 Å². The summed E-state index contributed by atoms with van der Waals surface area (Å²) in [6.07, 6.45) is 0. The number of hydrogen-bond acceptors (Lipinski definition) is 9. The van der Waals surface area contributed by atoms with Crippen molar-refractivity contribution < 1.29 is 22.8 Å². The standard InChI is InChI=1S/C14H13ClN5O5S2/c1-25-20-12(9-6-26-14(16)19-9)13(22)18-5-10(21)7-2-3-8(15)11(4-7)27(17,23)24/h2-4,6H,5H2,1H3,(H2,16,19)(H2,17,23,24). The molecular formula is C14H13ClN5O5S2. The third-order valence-electron chi connectivity index (χ3n) is 3.08. The number of carbonyl (C=O) groups excluding carboxylic acids is 2. The molecule has 0 spiro atoms. The van der Waals surface area contributed by atoms with E-state index in [1.165, 1.54) is 24.6 Å². The highest BCUT2D eigenvalue weighted by Crippen LogP contribution is 2.21. The number of halogens is 1. The number of nitrogen functional groups attached to an aromatic ring is 1. The Kier molecular flexibility index (Phi) is 6.49. The second-order valence-electron chi connectivity index (χ2n) is 4.93. The molecule has 0 aliphatic carbocycles. The molecule has 1 aromatic heterocycles. The molecule has 1 radical (unpaired) electrons. The van der Waals surface area contributed by atoms with Gasteiger partial charge in [-0.25, -0.2) is 23.9 Å². The number of benzene rings is 1. The van der Waals surface area contributed by atoms with E-state index in [-0.39, 0.29) is 27.1 Å². The first-order valence-electron chi connectivity index (χ1n) is 7.03. The van der Waals surface area contributed by atoms with E-state index in [4.69, 9.17) is 22.5 Å². The van der Waals surface area contributed by atoms with Gasteiger partial charge in [-0.1, -0.05) is 16.8 Å². The SMILES string of the molecule is CON=C(C(=O)[N]CC(=O)c1ccc(Cl)c(S(N)(=O)=O)c1)c1csc(N)n1. The van der Waals surface area contributed by atoms with Crippen molar-refractivity contribution in [1.29, 1.82) is 0 Å². The molecule has 0 atom stereocenters. The molecule has 1 heterocycles. The number of hydrogen-bond donors (Lipinski definition) is 2. The fraction of sp³-hybridized carbons (Fsp3) is 0.143. The Morgan fingerprint density at radius 1 is 1.37 bits per heavy atom. The minimum atomic E-state index is -4.11. The molecule has 1 aromatic carbocycles. The highest BCUT2D eigenvalue weighted by molar-refractivity contribution is 7.89. The first kappa shape index (κ1) is 20.8. The summed E-state index contributed by atoms with van der Waals surface area (Å²) in [6, 6.07) is 3.53. The minimum Gasteiger partial charge on any atom is -0.398 e. The maximum Gasteiger partial charge on any atom is 0.297 e. The van der Waals surface area contributed by atoms with Crippen molar-refractivity contribution >= 4 is 55.5 Å². The lowest BCUT2D eigenvalue weighted by Crippen LogP contribution is -2.30. The fourth-order valence-electron chi connectivity index (χ4n) is 1.89. The Morgan fingerprint density at radius 3 is 2.63 bits per heavy atom. The van der Waals surface area contributed by atoms with Crippen LogP contribution in [0.3, 0.4) is 0 Å². The predicted molar refractivity (Wildman–Crippen MR) is 99.2 cm³/mol. The Labute approximate surface area is 163 Å². The Bertz CT molecular complexity index is 1020. The largest absolute Gasteiger partial charge is 0.398 e. The molecule has 0 aliphatic heterocycles. The smallest absolute Gasteiger partial charge is 0.297 e. The van der Waals surface area contributed by atoms with Gasteiger partial charge in [0.2, 0.25) is 10.0 Å². The van der Waals surface area contributed by atoms with Gasteiger partial charge in [0.25, 0.3) is 5.91 Å². The molecule has 0 saturated heterocycles. The number of oxime groups is 1. The second kappa shape index (κ2) is 8.43. The normalized spacial score (nSPS) is 11.9. The quantitative estimate of drug-likeness (QED) is 0.363. The summed E-state index contributed by atoms with van der Waals surface area (Å²) in [4.78, 5) is 32.6. The lowest BCUT2D eigenvalue weighted by molar-refractivity contribution is -0.115. The number of rotatable bonds is 7. The maximum atomic E-state index is 12.2. The van der Waals surface area contributed by atoms with E-state index in [1.54, 1.807) is 0 Å². The van der Waals surface area contributed by atoms with Gasteiger partial charge in [0.1, 0.15) is 24.2 Å². The summed E-state index contributed by atoms with van der Waals surface area (Å²) in [5, 5.41) is 13.8. The van der Waals surface area contributed by atoms with E-state index in [0.29, 0.717) is 0 Å². The maximum absolute atomic E-state index is 12.2. The van der Waals surface area contributed by atoms with Crippen LogP contribution in [-0.4, -0.2) is 44.5 Å². The molecule has 0 saturated carbocycles. The number of anilines is 1. The van der Waals surface area contributed by atoms with Crippen LogP contribution in [0.25, 0.3) is 0 Å². The van der Waals surface area contributed by atoms with Crippen LogP contribution in [0.15, 0.2) is 33.6 Å². The van der Waals surface area contributed by atoms with Gasteiger partial charge in [0, 0.05) is 10.9 Å². The van der Waals surface area contributed by atoms with E-state index >= 15 is 0 Å². The monoisotopic (exact) mass is 430 g/mol. The van der Waals surface area contributed by atoms with Gasteiger partial charge in [0.15, 0.2) is 16.6 Å². The molecule has 10 nitrogen and oxygen atoms in total. The average Bonchev–Trinajstić information content (AvgIpc) is 3.02. The minimum absolute atomic E-state index is 0.0249. The van der Waals surface area contributed by atoms with E-state index in [1.807, 2.05) is 0 Å². The number of nitrogens with zero attached hydrogens (tertiary/aromatic N) is 3. The topological polar surface area (TPSA) is 169 Å².